The Morgan fingerprint density at radius 3 is 2.63 bits per heavy atom. The number of methoxy groups -OCH3 is 2. The number of nitrogens with one attached hydrogen (secondary N) is 1. The number of hydrogen-bond donors (Lipinski definition) is 2. The van der Waals surface area contributed by atoms with Crippen LogP contribution in [-0.4, -0.2) is 29.2 Å². The van der Waals surface area contributed by atoms with Crippen molar-refractivity contribution in [2.24, 2.45) is 12.9 Å². The molecule has 3 N–H and O–H groups in total. The Kier molecular flexibility index (Phi) is 3.98. The molecule has 2 aromatic rings. The van der Waals surface area contributed by atoms with Crippen LogP contribution in [-0.2, 0) is 7.05 Å². The molecular weight excluding hydrogens is 246 g/mol. The second-order valence-corrected chi connectivity index (χ2v) is 3.99. The van der Waals surface area contributed by atoms with Gasteiger partial charge in [0.1, 0.15) is 11.5 Å². The number of aromatic nitrogens is 3. The Hall–Kier alpha value is -2.12. The molecule has 2 rings (SSSR count). The first kappa shape index (κ1) is 13.3. The van der Waals surface area contributed by atoms with E-state index in [4.69, 9.17) is 15.3 Å². The molecule has 0 saturated heterocycles. The maximum atomic E-state index is 5.65. The van der Waals surface area contributed by atoms with Crippen molar-refractivity contribution in [2.75, 3.05) is 14.2 Å². The van der Waals surface area contributed by atoms with Gasteiger partial charge < -0.3 is 9.47 Å². The quantitative estimate of drug-likeness (QED) is 0.599. The smallest absolute Gasteiger partial charge is 0.127 e. The van der Waals surface area contributed by atoms with Crippen molar-refractivity contribution < 1.29 is 9.47 Å². The Bertz CT molecular complexity index is 555. The molecule has 0 amide bonds. The number of ether oxygens (including phenoxy) is 2. The Labute approximate surface area is 111 Å². The molecule has 1 unspecified atom stereocenters. The molecule has 0 aliphatic rings. The summed E-state index contributed by atoms with van der Waals surface area (Å²) in [7, 11) is 5.02. The topological polar surface area (TPSA) is 87.2 Å². The van der Waals surface area contributed by atoms with Gasteiger partial charge in [-0.2, -0.15) is 0 Å². The number of nitrogens with two attached hydrogens (primary N) is 1. The largest absolute Gasteiger partial charge is 0.497 e. The summed E-state index contributed by atoms with van der Waals surface area (Å²) in [4.78, 5) is 0. The first-order valence-corrected chi connectivity index (χ1v) is 5.74. The van der Waals surface area contributed by atoms with Gasteiger partial charge in [-0.15, -0.1) is 5.10 Å². The van der Waals surface area contributed by atoms with E-state index in [2.05, 4.69) is 15.7 Å². The highest BCUT2D eigenvalue weighted by atomic mass is 16.5. The molecule has 7 nitrogen and oxygen atoms in total. The lowest BCUT2D eigenvalue weighted by Crippen LogP contribution is -2.30. The van der Waals surface area contributed by atoms with Gasteiger partial charge in [0.2, 0.25) is 0 Å². The monoisotopic (exact) mass is 263 g/mol. The number of rotatable bonds is 5. The maximum absolute atomic E-state index is 5.65. The third-order valence-electron chi connectivity index (χ3n) is 2.96. The van der Waals surface area contributed by atoms with E-state index in [1.54, 1.807) is 25.1 Å². The zero-order chi connectivity index (χ0) is 13.8. The van der Waals surface area contributed by atoms with E-state index < -0.39 is 0 Å². The molecule has 7 heteroatoms. The van der Waals surface area contributed by atoms with Crippen LogP contribution in [0.5, 0.6) is 11.5 Å². The van der Waals surface area contributed by atoms with E-state index in [1.165, 1.54) is 0 Å². The van der Waals surface area contributed by atoms with Gasteiger partial charge in [-0.25, -0.2) is 5.43 Å². The zero-order valence-electron chi connectivity index (χ0n) is 11.1. The van der Waals surface area contributed by atoms with E-state index in [1.807, 2.05) is 25.2 Å². The minimum Gasteiger partial charge on any atom is -0.497 e. The summed E-state index contributed by atoms with van der Waals surface area (Å²) >= 11 is 0. The van der Waals surface area contributed by atoms with Crippen LogP contribution in [0, 0.1) is 0 Å². The average molecular weight is 263 g/mol. The van der Waals surface area contributed by atoms with Gasteiger partial charge in [-0.3, -0.25) is 10.5 Å². The van der Waals surface area contributed by atoms with Crippen molar-refractivity contribution in [3.8, 4) is 11.5 Å². The molecule has 0 saturated carbocycles. The number of hydrogen-bond acceptors (Lipinski definition) is 6. The summed E-state index contributed by atoms with van der Waals surface area (Å²) in [5.41, 5.74) is 4.48. The van der Waals surface area contributed by atoms with Gasteiger partial charge in [0.25, 0.3) is 0 Å². The fraction of sp³-hybridized carbons (Fsp3) is 0.333. The second kappa shape index (κ2) is 5.68. The van der Waals surface area contributed by atoms with Gasteiger partial charge in [-0.1, -0.05) is 5.21 Å². The molecule has 0 aliphatic carbocycles. The fourth-order valence-electron chi connectivity index (χ4n) is 1.95. The molecule has 1 aromatic carbocycles. The van der Waals surface area contributed by atoms with Crippen molar-refractivity contribution in [3.63, 3.8) is 0 Å². The molecule has 1 aromatic heterocycles. The van der Waals surface area contributed by atoms with E-state index in [-0.39, 0.29) is 6.04 Å². The van der Waals surface area contributed by atoms with Crippen LogP contribution in [0.1, 0.15) is 17.3 Å². The molecule has 0 spiro atoms. The summed E-state index contributed by atoms with van der Waals surface area (Å²) in [6.07, 6.45) is 1.66. The number of aryl methyl sites for hydroxylation is 1. The third-order valence-corrected chi connectivity index (χ3v) is 2.96. The van der Waals surface area contributed by atoms with Gasteiger partial charge >= 0.3 is 0 Å². The predicted octanol–water partition coefficient (Wildman–Crippen LogP) is 0.385. The minimum atomic E-state index is -0.263. The lowest BCUT2D eigenvalue weighted by molar-refractivity contribution is 0.386. The highest BCUT2D eigenvalue weighted by Gasteiger charge is 2.20. The molecule has 0 aliphatic heterocycles. The number of nitrogens with zero attached hydrogens (tertiary/aromatic N) is 3. The van der Waals surface area contributed by atoms with Crippen LogP contribution in [0.2, 0.25) is 0 Å². The molecule has 0 radical (unpaired) electrons. The summed E-state index contributed by atoms with van der Waals surface area (Å²) < 4.78 is 12.2. The van der Waals surface area contributed by atoms with Crippen LogP contribution in [0.3, 0.4) is 0 Å². The SMILES string of the molecule is COc1ccc(C(NN)c2cnnn2C)c(OC)c1. The molecule has 102 valence electrons. The Morgan fingerprint density at radius 2 is 2.11 bits per heavy atom. The standard InChI is InChI=1S/C12H17N5O2/c1-17-10(7-14-16-17)12(15-13)9-5-4-8(18-2)6-11(9)19-3/h4-7,12,15H,13H2,1-3H3. The second-order valence-electron chi connectivity index (χ2n) is 3.99. The fourth-order valence-corrected chi connectivity index (χ4v) is 1.95. The summed E-state index contributed by atoms with van der Waals surface area (Å²) in [6, 6.07) is 5.30. The average Bonchev–Trinajstić information content (AvgIpc) is 2.86. The first-order valence-electron chi connectivity index (χ1n) is 5.74. The van der Waals surface area contributed by atoms with Crippen molar-refractivity contribution in [1.29, 1.82) is 0 Å². The third kappa shape index (κ3) is 2.51. The highest BCUT2D eigenvalue weighted by molar-refractivity contribution is 5.44. The summed E-state index contributed by atoms with van der Waals surface area (Å²) in [5, 5.41) is 7.76. The van der Waals surface area contributed by atoms with Gasteiger partial charge in [0, 0.05) is 18.7 Å². The van der Waals surface area contributed by atoms with Gasteiger partial charge in [-0.05, 0) is 12.1 Å². The van der Waals surface area contributed by atoms with Crippen molar-refractivity contribution in [3.05, 3.63) is 35.7 Å². The highest BCUT2D eigenvalue weighted by Crippen LogP contribution is 2.32. The van der Waals surface area contributed by atoms with Gasteiger partial charge in [0.05, 0.1) is 32.2 Å². The molecule has 1 heterocycles. The zero-order valence-corrected chi connectivity index (χ0v) is 11.1. The number of benzene rings is 1. The molecular formula is C12H17N5O2. The van der Waals surface area contributed by atoms with Crippen LogP contribution in [0.25, 0.3) is 0 Å². The van der Waals surface area contributed by atoms with Crippen LogP contribution in [0.15, 0.2) is 24.4 Å². The van der Waals surface area contributed by atoms with Crippen LogP contribution >= 0.6 is 0 Å². The predicted molar refractivity (Wildman–Crippen MR) is 69.7 cm³/mol. The molecule has 0 fully saturated rings. The number of hydrazine groups is 1. The van der Waals surface area contributed by atoms with Crippen molar-refractivity contribution in [1.82, 2.24) is 20.4 Å². The molecule has 0 bridgehead atoms. The Morgan fingerprint density at radius 1 is 1.32 bits per heavy atom. The van der Waals surface area contributed by atoms with E-state index in [9.17, 15) is 0 Å². The molecule has 19 heavy (non-hydrogen) atoms. The summed E-state index contributed by atoms with van der Waals surface area (Å²) in [5.74, 6) is 7.06. The van der Waals surface area contributed by atoms with Crippen molar-refractivity contribution >= 4 is 0 Å². The Balaban J connectivity index is 2.46. The maximum Gasteiger partial charge on any atom is 0.127 e. The van der Waals surface area contributed by atoms with Crippen LogP contribution in [0.4, 0.5) is 0 Å². The minimum absolute atomic E-state index is 0.263. The van der Waals surface area contributed by atoms with Crippen molar-refractivity contribution in [2.45, 2.75) is 6.04 Å². The van der Waals surface area contributed by atoms with E-state index in [0.717, 1.165) is 17.0 Å². The normalized spacial score (nSPS) is 12.2. The van der Waals surface area contributed by atoms with E-state index in [0.29, 0.717) is 5.75 Å². The lowest BCUT2D eigenvalue weighted by Gasteiger charge is -2.19. The van der Waals surface area contributed by atoms with Crippen LogP contribution < -0.4 is 20.7 Å². The van der Waals surface area contributed by atoms with E-state index >= 15 is 0 Å². The summed E-state index contributed by atoms with van der Waals surface area (Å²) in [6.45, 7) is 0. The van der Waals surface area contributed by atoms with Gasteiger partial charge in [0.15, 0.2) is 0 Å². The lowest BCUT2D eigenvalue weighted by atomic mass is 10.0. The molecule has 1 atom stereocenters. The first-order chi connectivity index (χ1) is 9.21.